The van der Waals surface area contributed by atoms with Crippen molar-refractivity contribution >= 4 is 17.4 Å². The van der Waals surface area contributed by atoms with Crippen LogP contribution < -0.4 is 15.5 Å². The molecule has 6 heteroatoms. The summed E-state index contributed by atoms with van der Waals surface area (Å²) in [6.45, 7) is 7.19. The number of carbonyl (C=O) groups excluding carboxylic acids is 1. The number of nitrogens with one attached hydrogen (secondary N) is 2. The van der Waals surface area contributed by atoms with E-state index in [2.05, 4.69) is 32.6 Å². The summed E-state index contributed by atoms with van der Waals surface area (Å²) in [5.41, 5.74) is 2.04. The fourth-order valence-corrected chi connectivity index (χ4v) is 3.26. The molecule has 132 valence electrons. The van der Waals surface area contributed by atoms with Crippen LogP contribution in [-0.2, 0) is 4.74 Å². The summed E-state index contributed by atoms with van der Waals surface area (Å²) in [6, 6.07) is 7.99. The minimum absolute atomic E-state index is 0.140. The van der Waals surface area contributed by atoms with Gasteiger partial charge in [-0.3, -0.25) is 4.90 Å². The Balaban J connectivity index is 1.43. The quantitative estimate of drug-likeness (QED) is 0.867. The molecule has 1 aromatic carbocycles. The van der Waals surface area contributed by atoms with Crippen LogP contribution in [0.15, 0.2) is 24.3 Å². The smallest absolute Gasteiger partial charge is 0.319 e. The van der Waals surface area contributed by atoms with Gasteiger partial charge in [-0.1, -0.05) is 6.07 Å². The van der Waals surface area contributed by atoms with Crippen LogP contribution in [0.5, 0.6) is 0 Å². The first-order valence-corrected chi connectivity index (χ1v) is 9.01. The zero-order valence-electron chi connectivity index (χ0n) is 14.3. The second-order valence-corrected chi connectivity index (χ2v) is 6.43. The number of piperidine rings is 1. The summed E-state index contributed by atoms with van der Waals surface area (Å²) in [5, 5.41) is 5.87. The maximum absolute atomic E-state index is 12.1. The van der Waals surface area contributed by atoms with E-state index in [1.807, 2.05) is 12.1 Å². The number of morpholine rings is 1. The number of carbonyl (C=O) groups is 1. The van der Waals surface area contributed by atoms with E-state index < -0.39 is 0 Å². The maximum Gasteiger partial charge on any atom is 0.319 e. The van der Waals surface area contributed by atoms with Gasteiger partial charge in [0.1, 0.15) is 0 Å². The van der Waals surface area contributed by atoms with Crippen molar-refractivity contribution in [3.8, 4) is 0 Å². The Bertz CT molecular complexity index is 526. The highest BCUT2D eigenvalue weighted by molar-refractivity contribution is 5.89. The highest BCUT2D eigenvalue weighted by Crippen LogP contribution is 2.22. The van der Waals surface area contributed by atoms with Gasteiger partial charge in [-0.05, 0) is 37.5 Å². The van der Waals surface area contributed by atoms with Crippen molar-refractivity contribution in [2.45, 2.75) is 19.3 Å². The number of hydrogen-bond acceptors (Lipinski definition) is 4. The van der Waals surface area contributed by atoms with Crippen LogP contribution >= 0.6 is 0 Å². The first-order chi connectivity index (χ1) is 11.8. The molecular weight excluding hydrogens is 304 g/mol. The molecule has 2 amide bonds. The van der Waals surface area contributed by atoms with E-state index in [-0.39, 0.29) is 6.03 Å². The van der Waals surface area contributed by atoms with Crippen LogP contribution in [0, 0.1) is 0 Å². The van der Waals surface area contributed by atoms with Crippen molar-refractivity contribution in [1.82, 2.24) is 10.2 Å². The molecule has 2 saturated heterocycles. The van der Waals surface area contributed by atoms with E-state index in [1.54, 1.807) is 0 Å². The highest BCUT2D eigenvalue weighted by atomic mass is 16.5. The Labute approximate surface area is 144 Å². The third kappa shape index (κ3) is 5.11. The summed E-state index contributed by atoms with van der Waals surface area (Å²) in [7, 11) is 0. The minimum atomic E-state index is -0.140. The first kappa shape index (κ1) is 17.0. The normalized spacial score (nSPS) is 19.1. The molecule has 3 rings (SSSR count). The second-order valence-electron chi connectivity index (χ2n) is 6.43. The second kappa shape index (κ2) is 8.89. The SMILES string of the molecule is O=C(NCCN1CCOCC1)Nc1cccc(N2CCCCC2)c1. The van der Waals surface area contributed by atoms with Gasteiger partial charge in [0.15, 0.2) is 0 Å². The van der Waals surface area contributed by atoms with E-state index >= 15 is 0 Å². The van der Waals surface area contributed by atoms with Gasteiger partial charge >= 0.3 is 6.03 Å². The summed E-state index contributed by atoms with van der Waals surface area (Å²) in [4.78, 5) is 16.8. The van der Waals surface area contributed by atoms with Gasteiger partial charge in [0, 0.05) is 50.6 Å². The lowest BCUT2D eigenvalue weighted by Crippen LogP contribution is -2.42. The largest absolute Gasteiger partial charge is 0.379 e. The third-order valence-electron chi connectivity index (χ3n) is 4.64. The highest BCUT2D eigenvalue weighted by Gasteiger charge is 2.12. The molecule has 2 aliphatic rings. The Morgan fingerprint density at radius 1 is 1.08 bits per heavy atom. The molecule has 24 heavy (non-hydrogen) atoms. The third-order valence-corrected chi connectivity index (χ3v) is 4.64. The summed E-state index contributed by atoms with van der Waals surface area (Å²) < 4.78 is 5.32. The predicted molar refractivity (Wildman–Crippen MR) is 96.8 cm³/mol. The molecule has 0 aliphatic carbocycles. The molecule has 0 atom stereocenters. The van der Waals surface area contributed by atoms with Gasteiger partial charge in [0.2, 0.25) is 0 Å². The van der Waals surface area contributed by atoms with Crippen LogP contribution in [0.25, 0.3) is 0 Å². The lowest BCUT2D eigenvalue weighted by Gasteiger charge is -2.29. The molecule has 1 aromatic rings. The Morgan fingerprint density at radius 2 is 1.88 bits per heavy atom. The fourth-order valence-electron chi connectivity index (χ4n) is 3.26. The van der Waals surface area contributed by atoms with Crippen molar-refractivity contribution in [1.29, 1.82) is 0 Å². The van der Waals surface area contributed by atoms with Crippen LogP contribution in [0.4, 0.5) is 16.2 Å². The molecule has 2 heterocycles. The van der Waals surface area contributed by atoms with Crippen LogP contribution in [0.3, 0.4) is 0 Å². The van der Waals surface area contributed by atoms with Gasteiger partial charge in [-0.2, -0.15) is 0 Å². The van der Waals surface area contributed by atoms with Gasteiger partial charge in [-0.25, -0.2) is 4.79 Å². The minimum Gasteiger partial charge on any atom is -0.379 e. The Hall–Kier alpha value is -1.79. The van der Waals surface area contributed by atoms with Crippen molar-refractivity contribution in [2.75, 3.05) is 62.7 Å². The number of hydrogen-bond donors (Lipinski definition) is 2. The molecule has 0 spiro atoms. The van der Waals surface area contributed by atoms with Crippen LogP contribution in [0.1, 0.15) is 19.3 Å². The molecule has 0 saturated carbocycles. The molecule has 2 fully saturated rings. The molecule has 2 aliphatic heterocycles. The number of nitrogens with zero attached hydrogens (tertiary/aromatic N) is 2. The van der Waals surface area contributed by atoms with Gasteiger partial charge in [-0.15, -0.1) is 0 Å². The van der Waals surface area contributed by atoms with Gasteiger partial charge in [0.25, 0.3) is 0 Å². The number of urea groups is 1. The lowest BCUT2D eigenvalue weighted by atomic mass is 10.1. The Morgan fingerprint density at radius 3 is 2.67 bits per heavy atom. The van der Waals surface area contributed by atoms with E-state index in [1.165, 1.54) is 24.9 Å². The van der Waals surface area contributed by atoms with Crippen molar-refractivity contribution in [3.05, 3.63) is 24.3 Å². The van der Waals surface area contributed by atoms with Crippen LogP contribution in [-0.4, -0.2) is 63.4 Å². The monoisotopic (exact) mass is 332 g/mol. The summed E-state index contributed by atoms with van der Waals surface area (Å²) in [5.74, 6) is 0. The van der Waals surface area contributed by atoms with Gasteiger partial charge < -0.3 is 20.3 Å². The predicted octanol–water partition coefficient (Wildman–Crippen LogP) is 2.13. The average Bonchev–Trinajstić information content (AvgIpc) is 2.63. The van der Waals surface area contributed by atoms with Gasteiger partial charge in [0.05, 0.1) is 13.2 Å². The molecular formula is C18H28N4O2. The fraction of sp³-hybridized carbons (Fsp3) is 0.611. The molecule has 2 N–H and O–H groups in total. The number of benzene rings is 1. The number of rotatable bonds is 5. The van der Waals surface area contributed by atoms with E-state index in [0.29, 0.717) is 6.54 Å². The molecule has 0 bridgehead atoms. The zero-order chi connectivity index (χ0) is 16.6. The van der Waals surface area contributed by atoms with E-state index in [4.69, 9.17) is 4.74 Å². The maximum atomic E-state index is 12.1. The molecule has 0 radical (unpaired) electrons. The number of amides is 2. The molecule has 0 aromatic heterocycles. The zero-order valence-corrected chi connectivity index (χ0v) is 14.3. The van der Waals surface area contributed by atoms with Crippen molar-refractivity contribution in [3.63, 3.8) is 0 Å². The van der Waals surface area contributed by atoms with E-state index in [9.17, 15) is 4.79 Å². The number of anilines is 2. The topological polar surface area (TPSA) is 56.8 Å². The van der Waals surface area contributed by atoms with Crippen LogP contribution in [0.2, 0.25) is 0 Å². The first-order valence-electron chi connectivity index (χ1n) is 9.01. The molecule has 0 unspecified atom stereocenters. The standard InChI is InChI=1S/C18H28N4O2/c23-18(19-7-10-21-11-13-24-14-12-21)20-16-5-4-6-17(15-16)22-8-2-1-3-9-22/h4-6,15H,1-3,7-14H2,(H2,19,20,23). The van der Waals surface area contributed by atoms with E-state index in [0.717, 1.165) is 51.6 Å². The van der Waals surface area contributed by atoms with Crippen molar-refractivity contribution < 1.29 is 9.53 Å². The summed E-state index contributed by atoms with van der Waals surface area (Å²) in [6.07, 6.45) is 3.82. The number of ether oxygens (including phenoxy) is 1. The Kier molecular flexibility index (Phi) is 6.32. The lowest BCUT2D eigenvalue weighted by molar-refractivity contribution is 0.0388. The van der Waals surface area contributed by atoms with Crippen molar-refractivity contribution in [2.24, 2.45) is 0 Å². The molecule has 6 nitrogen and oxygen atoms in total. The summed E-state index contributed by atoms with van der Waals surface area (Å²) >= 11 is 0. The average molecular weight is 332 g/mol.